The maximum atomic E-state index is 11.4. The van der Waals surface area contributed by atoms with Crippen molar-refractivity contribution in [2.24, 2.45) is 10.4 Å². The molecule has 0 fully saturated rings. The maximum absolute atomic E-state index is 11.4. The van der Waals surface area contributed by atoms with Crippen LogP contribution in [0.25, 0.3) is 0 Å². The van der Waals surface area contributed by atoms with Crippen LogP contribution in [-0.2, 0) is 4.79 Å². The Morgan fingerprint density at radius 1 is 1.50 bits per heavy atom. The van der Waals surface area contributed by atoms with Gasteiger partial charge in [-0.05, 0) is 18.3 Å². The number of nitrogens with one attached hydrogen (secondary N) is 2. The largest absolute Gasteiger partial charge is 0.356 e. The summed E-state index contributed by atoms with van der Waals surface area (Å²) >= 11 is 1.76. The second-order valence-corrected chi connectivity index (χ2v) is 7.14. The maximum Gasteiger partial charge on any atom is 0.239 e. The molecule has 0 aromatic carbocycles. The molecule has 104 valence electrons. The van der Waals surface area contributed by atoms with Crippen molar-refractivity contribution in [2.75, 3.05) is 19.6 Å². The zero-order chi connectivity index (χ0) is 13.6. The fraction of sp³-hybridized carbons (Fsp3) is 0.846. The predicted octanol–water partition coefficient (Wildman–Crippen LogP) is 2.01. The summed E-state index contributed by atoms with van der Waals surface area (Å²) in [6.45, 7) is 10.7. The smallest absolute Gasteiger partial charge is 0.239 e. The van der Waals surface area contributed by atoms with Gasteiger partial charge in [0.05, 0.1) is 13.1 Å². The Morgan fingerprint density at radius 3 is 2.83 bits per heavy atom. The number of aliphatic imine (C=N–C) groups is 1. The molecule has 1 atom stereocenters. The van der Waals surface area contributed by atoms with Crippen molar-refractivity contribution in [1.82, 2.24) is 10.6 Å². The van der Waals surface area contributed by atoms with Gasteiger partial charge in [0.15, 0.2) is 5.17 Å². The lowest BCUT2D eigenvalue weighted by Gasteiger charge is -2.21. The fourth-order valence-corrected chi connectivity index (χ4v) is 3.14. The first-order chi connectivity index (χ1) is 8.40. The van der Waals surface area contributed by atoms with Crippen LogP contribution >= 0.6 is 11.8 Å². The van der Waals surface area contributed by atoms with Gasteiger partial charge in [0.1, 0.15) is 0 Å². The Morgan fingerprint density at radius 2 is 2.22 bits per heavy atom. The molecule has 1 aliphatic heterocycles. The lowest BCUT2D eigenvalue weighted by atomic mass is 9.90. The highest BCUT2D eigenvalue weighted by atomic mass is 32.2. The Kier molecular flexibility index (Phi) is 5.99. The van der Waals surface area contributed by atoms with Crippen LogP contribution in [0.5, 0.6) is 0 Å². The Labute approximate surface area is 114 Å². The number of amidine groups is 1. The van der Waals surface area contributed by atoms with E-state index >= 15 is 0 Å². The number of rotatable bonds is 5. The third kappa shape index (κ3) is 6.28. The van der Waals surface area contributed by atoms with Gasteiger partial charge in [-0.1, -0.05) is 39.5 Å². The van der Waals surface area contributed by atoms with Crippen molar-refractivity contribution in [2.45, 2.75) is 45.8 Å². The van der Waals surface area contributed by atoms with E-state index in [4.69, 9.17) is 0 Å². The average Bonchev–Trinajstić information content (AvgIpc) is 2.68. The summed E-state index contributed by atoms with van der Waals surface area (Å²) in [5.74, 6) is 0.0411. The second-order valence-electron chi connectivity index (χ2n) is 5.85. The van der Waals surface area contributed by atoms with Gasteiger partial charge in [-0.2, -0.15) is 0 Å². The summed E-state index contributed by atoms with van der Waals surface area (Å²) < 4.78 is 0. The quantitative estimate of drug-likeness (QED) is 0.804. The molecule has 1 unspecified atom stereocenters. The van der Waals surface area contributed by atoms with E-state index < -0.39 is 0 Å². The second kappa shape index (κ2) is 7.02. The number of thioether (sulfide) groups is 1. The summed E-state index contributed by atoms with van der Waals surface area (Å²) in [6, 6.07) is 0. The first-order valence-electron chi connectivity index (χ1n) is 6.62. The molecule has 18 heavy (non-hydrogen) atoms. The van der Waals surface area contributed by atoms with Gasteiger partial charge in [0.2, 0.25) is 5.91 Å². The number of hydrogen-bond donors (Lipinski definition) is 2. The first-order valence-corrected chi connectivity index (χ1v) is 7.50. The fourth-order valence-electron chi connectivity index (χ4n) is 1.79. The van der Waals surface area contributed by atoms with Crippen molar-refractivity contribution in [1.29, 1.82) is 0 Å². The molecule has 1 rings (SSSR count). The molecule has 0 saturated heterocycles. The van der Waals surface area contributed by atoms with Gasteiger partial charge < -0.3 is 10.6 Å². The minimum absolute atomic E-state index is 0.0411. The summed E-state index contributed by atoms with van der Waals surface area (Å²) in [4.78, 5) is 15.9. The molecule has 5 heteroatoms. The van der Waals surface area contributed by atoms with E-state index in [1.807, 2.05) is 6.92 Å². The molecule has 2 N–H and O–H groups in total. The normalized spacial score (nSPS) is 19.6. The SMILES string of the molecule is CCCNC(=O)CNC1=NCC(CC(C)(C)C)S1. The standard InChI is InChI=1S/C13H25N3OS/c1-5-6-14-11(17)9-16-12-15-8-10(18-12)7-13(2,3)4/h10H,5-9H2,1-4H3,(H,14,17)(H,15,16). The number of carbonyl (C=O) groups is 1. The lowest BCUT2D eigenvalue weighted by molar-refractivity contribution is -0.119. The molecule has 0 aromatic rings. The first kappa shape index (κ1) is 15.3. The molecule has 0 aliphatic carbocycles. The predicted molar refractivity (Wildman–Crippen MR) is 79.1 cm³/mol. The van der Waals surface area contributed by atoms with Crippen LogP contribution in [0.2, 0.25) is 0 Å². The molecular weight excluding hydrogens is 246 g/mol. The molecule has 1 aliphatic rings. The Balaban J connectivity index is 2.20. The zero-order valence-corrected chi connectivity index (χ0v) is 12.7. The summed E-state index contributed by atoms with van der Waals surface area (Å²) in [7, 11) is 0. The number of nitrogens with zero attached hydrogens (tertiary/aromatic N) is 1. The van der Waals surface area contributed by atoms with Crippen molar-refractivity contribution in [3.05, 3.63) is 0 Å². The average molecular weight is 271 g/mol. The van der Waals surface area contributed by atoms with E-state index in [0.29, 0.717) is 17.2 Å². The van der Waals surface area contributed by atoms with Crippen molar-refractivity contribution in [3.63, 3.8) is 0 Å². The minimum atomic E-state index is 0.0411. The van der Waals surface area contributed by atoms with E-state index in [1.165, 1.54) is 0 Å². The van der Waals surface area contributed by atoms with Gasteiger partial charge in [-0.3, -0.25) is 9.79 Å². The van der Waals surface area contributed by atoms with Gasteiger partial charge in [0, 0.05) is 11.8 Å². The molecule has 0 radical (unpaired) electrons. The topological polar surface area (TPSA) is 53.5 Å². The molecular formula is C13H25N3OS. The third-order valence-electron chi connectivity index (χ3n) is 2.53. The van der Waals surface area contributed by atoms with Gasteiger partial charge in [-0.25, -0.2) is 0 Å². The highest BCUT2D eigenvalue weighted by Crippen LogP contribution is 2.31. The van der Waals surface area contributed by atoms with E-state index in [2.05, 4.69) is 36.4 Å². The van der Waals surface area contributed by atoms with Crippen LogP contribution in [0.4, 0.5) is 0 Å². The molecule has 1 amide bonds. The minimum Gasteiger partial charge on any atom is -0.356 e. The summed E-state index contributed by atoms with van der Waals surface area (Å²) in [6.07, 6.45) is 2.11. The number of amides is 1. The van der Waals surface area contributed by atoms with Crippen LogP contribution in [0.1, 0.15) is 40.5 Å². The van der Waals surface area contributed by atoms with Crippen LogP contribution in [-0.4, -0.2) is 36.0 Å². The Bertz CT molecular complexity index is 310. The molecule has 0 spiro atoms. The molecule has 0 saturated carbocycles. The third-order valence-corrected chi connectivity index (χ3v) is 3.67. The number of hydrogen-bond acceptors (Lipinski definition) is 4. The van der Waals surface area contributed by atoms with Gasteiger partial charge in [-0.15, -0.1) is 0 Å². The molecule has 1 heterocycles. The van der Waals surface area contributed by atoms with E-state index in [0.717, 1.165) is 31.1 Å². The van der Waals surface area contributed by atoms with Crippen molar-refractivity contribution in [3.8, 4) is 0 Å². The van der Waals surface area contributed by atoms with Crippen molar-refractivity contribution >= 4 is 22.8 Å². The zero-order valence-electron chi connectivity index (χ0n) is 11.9. The monoisotopic (exact) mass is 271 g/mol. The highest BCUT2D eigenvalue weighted by Gasteiger charge is 2.24. The molecule has 4 nitrogen and oxygen atoms in total. The Hall–Kier alpha value is -0.710. The van der Waals surface area contributed by atoms with Crippen LogP contribution < -0.4 is 10.6 Å². The molecule has 0 bridgehead atoms. The lowest BCUT2D eigenvalue weighted by Crippen LogP contribution is -2.36. The number of carbonyl (C=O) groups excluding carboxylic acids is 1. The summed E-state index contributed by atoms with van der Waals surface area (Å²) in [5.41, 5.74) is 0.334. The van der Waals surface area contributed by atoms with Gasteiger partial charge in [0.25, 0.3) is 0 Å². The van der Waals surface area contributed by atoms with E-state index in [9.17, 15) is 4.79 Å². The van der Waals surface area contributed by atoms with E-state index in [1.54, 1.807) is 11.8 Å². The summed E-state index contributed by atoms with van der Waals surface area (Å²) in [5, 5.41) is 7.41. The van der Waals surface area contributed by atoms with Crippen molar-refractivity contribution < 1.29 is 4.79 Å². The van der Waals surface area contributed by atoms with Crippen LogP contribution in [0.15, 0.2) is 4.99 Å². The van der Waals surface area contributed by atoms with E-state index in [-0.39, 0.29) is 5.91 Å². The highest BCUT2D eigenvalue weighted by molar-refractivity contribution is 8.14. The van der Waals surface area contributed by atoms with Crippen LogP contribution in [0.3, 0.4) is 0 Å². The van der Waals surface area contributed by atoms with Crippen LogP contribution in [0, 0.1) is 5.41 Å². The molecule has 0 aromatic heterocycles. The van der Waals surface area contributed by atoms with Gasteiger partial charge >= 0.3 is 0 Å².